The lowest BCUT2D eigenvalue weighted by atomic mass is 10.0. The lowest BCUT2D eigenvalue weighted by Gasteiger charge is -2.18. The lowest BCUT2D eigenvalue weighted by Crippen LogP contribution is -2.29. The van der Waals surface area contributed by atoms with Gasteiger partial charge in [-0.3, -0.25) is 14.1 Å². The summed E-state index contributed by atoms with van der Waals surface area (Å²) >= 11 is 0. The van der Waals surface area contributed by atoms with E-state index in [9.17, 15) is 14.2 Å². The van der Waals surface area contributed by atoms with E-state index in [1.165, 1.54) is 103 Å². The van der Waals surface area contributed by atoms with E-state index >= 15 is 0 Å². The van der Waals surface area contributed by atoms with Crippen LogP contribution < -0.4 is 0 Å². The van der Waals surface area contributed by atoms with Gasteiger partial charge in [0.25, 0.3) is 0 Å². The van der Waals surface area contributed by atoms with Gasteiger partial charge in [-0.15, -0.1) is 0 Å². The van der Waals surface area contributed by atoms with Crippen molar-refractivity contribution in [1.29, 1.82) is 0 Å². The molecule has 0 aromatic carbocycles. The smallest absolute Gasteiger partial charge is 0.462 e. The summed E-state index contributed by atoms with van der Waals surface area (Å²) in [5, 5.41) is 0. The molecule has 226 valence electrons. The Kier molecular flexibility index (Phi) is 25.6. The molecule has 0 unspecified atom stereocenters. The number of esters is 2. The Morgan fingerprint density at radius 1 is 0.579 bits per heavy atom. The maximum Gasteiger partial charge on any atom is 0.469 e. The van der Waals surface area contributed by atoms with Crippen LogP contribution in [0.5, 0.6) is 0 Å². The fraction of sp³-hybridized carbons (Fsp3) is 0.931. The van der Waals surface area contributed by atoms with Crippen LogP contribution in [0.1, 0.15) is 155 Å². The molecule has 0 aromatic heterocycles. The largest absolute Gasteiger partial charge is 0.469 e. The molecule has 0 rings (SSSR count). The number of carbonyl (C=O) groups excluding carboxylic acids is 2. The minimum Gasteiger partial charge on any atom is -0.462 e. The van der Waals surface area contributed by atoms with Gasteiger partial charge in [-0.2, -0.15) is 0 Å². The van der Waals surface area contributed by atoms with Crippen LogP contribution in [0, 0.1) is 0 Å². The third kappa shape index (κ3) is 28.1. The molecule has 0 amide bonds. The first-order chi connectivity index (χ1) is 18.3. The van der Waals surface area contributed by atoms with E-state index < -0.39 is 32.5 Å². The van der Waals surface area contributed by atoms with Crippen LogP contribution in [0.3, 0.4) is 0 Å². The number of ether oxygens (including phenoxy) is 2. The highest BCUT2D eigenvalue weighted by Gasteiger charge is 2.22. The van der Waals surface area contributed by atoms with Crippen molar-refractivity contribution in [3.8, 4) is 0 Å². The minimum atomic E-state index is -4.71. The number of carbonyl (C=O) groups is 2. The van der Waals surface area contributed by atoms with Crippen LogP contribution in [-0.2, 0) is 28.2 Å². The summed E-state index contributed by atoms with van der Waals surface area (Å²) in [6.07, 6.45) is 24.5. The molecule has 0 aromatic rings. The third-order valence-electron chi connectivity index (χ3n) is 6.60. The highest BCUT2D eigenvalue weighted by molar-refractivity contribution is 7.46. The van der Waals surface area contributed by atoms with Gasteiger partial charge in [-0.05, 0) is 12.8 Å². The van der Waals surface area contributed by atoms with Crippen LogP contribution in [0.2, 0.25) is 0 Å². The molecule has 0 spiro atoms. The monoisotopic (exact) mass is 564 g/mol. The molecule has 0 fully saturated rings. The van der Waals surface area contributed by atoms with Crippen molar-refractivity contribution in [2.75, 3.05) is 13.2 Å². The molecule has 9 heteroatoms. The summed E-state index contributed by atoms with van der Waals surface area (Å²) in [5.41, 5.74) is 0. The van der Waals surface area contributed by atoms with Crippen molar-refractivity contribution in [1.82, 2.24) is 0 Å². The summed E-state index contributed by atoms with van der Waals surface area (Å²) in [4.78, 5) is 41.4. The summed E-state index contributed by atoms with van der Waals surface area (Å²) in [5.74, 6) is -0.939. The predicted octanol–water partition coefficient (Wildman–Crippen LogP) is 8.17. The van der Waals surface area contributed by atoms with Gasteiger partial charge in [-0.1, -0.05) is 129 Å². The first-order valence-corrected chi connectivity index (χ1v) is 16.9. The molecule has 0 saturated carbocycles. The highest BCUT2D eigenvalue weighted by Crippen LogP contribution is 2.35. The summed E-state index contributed by atoms with van der Waals surface area (Å²) in [6, 6.07) is 0. The molecule has 0 aliphatic rings. The summed E-state index contributed by atoms with van der Waals surface area (Å²) in [6.45, 7) is 3.26. The second kappa shape index (κ2) is 26.3. The summed E-state index contributed by atoms with van der Waals surface area (Å²) in [7, 11) is -4.71. The Balaban J connectivity index is 3.60. The van der Waals surface area contributed by atoms with Crippen LogP contribution in [0.15, 0.2) is 0 Å². The van der Waals surface area contributed by atoms with Crippen molar-refractivity contribution in [3.05, 3.63) is 0 Å². The van der Waals surface area contributed by atoms with Gasteiger partial charge in [0, 0.05) is 12.8 Å². The fourth-order valence-electron chi connectivity index (χ4n) is 4.35. The Morgan fingerprint density at radius 3 is 1.39 bits per heavy atom. The van der Waals surface area contributed by atoms with Gasteiger partial charge in [-0.25, -0.2) is 4.57 Å². The Hall–Kier alpha value is -0.950. The number of hydrogen-bond donors (Lipinski definition) is 2. The zero-order valence-electron chi connectivity index (χ0n) is 24.3. The standard InChI is InChI=1S/C29H57O8P/c1-3-5-6-7-8-9-10-11-12-13-14-15-16-17-18-19-20-21-22-24-28(30)35-25-27(26-36-38(32,33)34)37-29(31)23-4-2/h27H,3-26H2,1-2H3,(H2,32,33,34)/t27-/m1/s1. The van der Waals surface area contributed by atoms with Gasteiger partial charge in [0.05, 0.1) is 6.61 Å². The second-order valence-corrected chi connectivity index (χ2v) is 11.7. The van der Waals surface area contributed by atoms with E-state index in [0.29, 0.717) is 6.42 Å². The van der Waals surface area contributed by atoms with Gasteiger partial charge < -0.3 is 19.3 Å². The number of hydrogen-bond acceptors (Lipinski definition) is 6. The van der Waals surface area contributed by atoms with Gasteiger partial charge >= 0.3 is 19.8 Å². The molecule has 0 radical (unpaired) electrons. The minimum absolute atomic E-state index is 0.166. The van der Waals surface area contributed by atoms with E-state index in [2.05, 4.69) is 11.4 Å². The molecule has 8 nitrogen and oxygen atoms in total. The fourth-order valence-corrected chi connectivity index (χ4v) is 4.71. The number of unbranched alkanes of at least 4 members (excludes halogenated alkanes) is 18. The van der Waals surface area contributed by atoms with Gasteiger partial charge in [0.2, 0.25) is 0 Å². The molecule has 0 bridgehead atoms. The molecule has 0 aliphatic carbocycles. The third-order valence-corrected chi connectivity index (χ3v) is 7.08. The topological polar surface area (TPSA) is 119 Å². The molecule has 38 heavy (non-hydrogen) atoms. The predicted molar refractivity (Wildman–Crippen MR) is 152 cm³/mol. The van der Waals surface area contributed by atoms with Crippen molar-refractivity contribution in [3.63, 3.8) is 0 Å². The maximum absolute atomic E-state index is 12.0. The van der Waals surface area contributed by atoms with Crippen LogP contribution in [0.25, 0.3) is 0 Å². The first kappa shape index (κ1) is 37.0. The SMILES string of the molecule is CCCCCCCCCCCCCCCCCCCCCC(=O)OC[C@H](COP(=O)(O)O)OC(=O)CCC. The Bertz CT molecular complexity index is 607. The van der Waals surface area contributed by atoms with Crippen molar-refractivity contribution in [2.24, 2.45) is 0 Å². The maximum atomic E-state index is 12.0. The molecule has 1 atom stereocenters. The zero-order chi connectivity index (χ0) is 28.3. The van der Waals surface area contributed by atoms with Crippen molar-refractivity contribution in [2.45, 2.75) is 161 Å². The summed E-state index contributed by atoms with van der Waals surface area (Å²) < 4.78 is 25.5. The van der Waals surface area contributed by atoms with E-state index in [4.69, 9.17) is 19.3 Å². The van der Waals surface area contributed by atoms with E-state index in [1.807, 2.05) is 6.92 Å². The van der Waals surface area contributed by atoms with E-state index in [1.54, 1.807) is 0 Å². The van der Waals surface area contributed by atoms with Gasteiger partial charge in [0.1, 0.15) is 6.61 Å². The van der Waals surface area contributed by atoms with Crippen molar-refractivity contribution >= 4 is 19.8 Å². The molecule has 0 aliphatic heterocycles. The van der Waals surface area contributed by atoms with Crippen LogP contribution in [0.4, 0.5) is 0 Å². The molecule has 2 N–H and O–H groups in total. The normalized spacial score (nSPS) is 12.4. The first-order valence-electron chi connectivity index (χ1n) is 15.3. The molecular formula is C29H57O8P. The molecule has 0 saturated heterocycles. The average molecular weight is 565 g/mol. The average Bonchev–Trinajstić information content (AvgIpc) is 2.86. The number of rotatable bonds is 28. The Labute approximate surface area is 232 Å². The molecular weight excluding hydrogens is 507 g/mol. The lowest BCUT2D eigenvalue weighted by molar-refractivity contribution is -0.161. The van der Waals surface area contributed by atoms with E-state index in [0.717, 1.165) is 19.3 Å². The van der Waals surface area contributed by atoms with Crippen LogP contribution in [-0.4, -0.2) is 41.0 Å². The van der Waals surface area contributed by atoms with E-state index in [-0.39, 0.29) is 19.4 Å². The van der Waals surface area contributed by atoms with Crippen LogP contribution >= 0.6 is 7.82 Å². The van der Waals surface area contributed by atoms with Crippen molar-refractivity contribution < 1.29 is 37.9 Å². The molecule has 0 heterocycles. The number of phosphoric acid groups is 1. The van der Waals surface area contributed by atoms with Gasteiger partial charge in [0.15, 0.2) is 6.10 Å². The number of phosphoric ester groups is 1. The Morgan fingerprint density at radius 2 is 1.00 bits per heavy atom. The second-order valence-electron chi connectivity index (χ2n) is 10.4. The highest BCUT2D eigenvalue weighted by atomic mass is 31.2. The quantitative estimate of drug-likeness (QED) is 0.0555. The zero-order valence-corrected chi connectivity index (χ0v) is 25.2.